The van der Waals surface area contributed by atoms with Gasteiger partial charge >= 0.3 is 0 Å². The molecular formula is C23H25N3O2. The van der Waals surface area contributed by atoms with Crippen LogP contribution in [0.25, 0.3) is 5.69 Å². The largest absolute Gasteiger partial charge is 0.329 e. The molecule has 0 spiro atoms. The number of para-hydroxylation sites is 1. The number of Topliss-reactive ketones (excluding diaryl/α,β-unsaturated/α-hetero) is 1. The lowest BCUT2D eigenvalue weighted by Crippen LogP contribution is -2.41. The third kappa shape index (κ3) is 3.88. The molecule has 0 unspecified atom stereocenters. The van der Waals surface area contributed by atoms with Crippen LogP contribution in [-0.2, 0) is 11.3 Å². The van der Waals surface area contributed by atoms with E-state index in [0.29, 0.717) is 23.5 Å². The molecule has 3 rings (SSSR count). The molecule has 1 amide bonds. The number of rotatable bonds is 6. The van der Waals surface area contributed by atoms with Gasteiger partial charge in [0.05, 0.1) is 22.6 Å². The van der Waals surface area contributed by atoms with Crippen LogP contribution in [-0.4, -0.2) is 32.4 Å². The zero-order valence-electron chi connectivity index (χ0n) is 16.7. The molecule has 1 aromatic heterocycles. The maximum atomic E-state index is 13.1. The minimum atomic E-state index is -0.512. The summed E-state index contributed by atoms with van der Waals surface area (Å²) in [5, 5.41) is 4.50. The summed E-state index contributed by atoms with van der Waals surface area (Å²) in [6, 6.07) is 19.2. The van der Waals surface area contributed by atoms with Gasteiger partial charge in [-0.3, -0.25) is 9.59 Å². The normalized spacial score (nSPS) is 10.9. The Morgan fingerprint density at radius 2 is 1.54 bits per heavy atom. The van der Waals surface area contributed by atoms with Gasteiger partial charge in [-0.15, -0.1) is 0 Å². The van der Waals surface area contributed by atoms with E-state index < -0.39 is 11.7 Å². The van der Waals surface area contributed by atoms with Crippen molar-refractivity contribution in [3.63, 3.8) is 0 Å². The molecule has 0 atom stereocenters. The van der Waals surface area contributed by atoms with Gasteiger partial charge in [0.2, 0.25) is 0 Å². The van der Waals surface area contributed by atoms with Crippen molar-refractivity contribution in [1.29, 1.82) is 0 Å². The van der Waals surface area contributed by atoms with Crippen LogP contribution in [0.5, 0.6) is 0 Å². The predicted octanol–water partition coefficient (Wildman–Crippen LogP) is 4.11. The molecule has 0 radical (unpaired) electrons. The quantitative estimate of drug-likeness (QED) is 0.481. The third-order valence-corrected chi connectivity index (χ3v) is 4.79. The fourth-order valence-corrected chi connectivity index (χ4v) is 3.30. The van der Waals surface area contributed by atoms with Gasteiger partial charge in [-0.1, -0.05) is 48.5 Å². The van der Waals surface area contributed by atoms with E-state index in [4.69, 9.17) is 0 Å². The summed E-state index contributed by atoms with van der Waals surface area (Å²) in [4.78, 5) is 27.8. The zero-order valence-corrected chi connectivity index (χ0v) is 16.7. The number of benzene rings is 2. The van der Waals surface area contributed by atoms with Crippen molar-refractivity contribution >= 4 is 11.7 Å². The van der Waals surface area contributed by atoms with Gasteiger partial charge in [-0.05, 0) is 45.4 Å². The highest BCUT2D eigenvalue weighted by molar-refractivity contribution is 6.43. The molecule has 0 bridgehead atoms. The predicted molar refractivity (Wildman–Crippen MR) is 109 cm³/mol. The summed E-state index contributed by atoms with van der Waals surface area (Å²) in [5.41, 5.74) is 3.46. The minimum Gasteiger partial charge on any atom is -0.329 e. The molecule has 0 saturated carbocycles. The van der Waals surface area contributed by atoms with Crippen molar-refractivity contribution < 1.29 is 9.59 Å². The molecule has 0 N–H and O–H groups in total. The van der Waals surface area contributed by atoms with Crippen LogP contribution in [0, 0.1) is 13.8 Å². The maximum Gasteiger partial charge on any atom is 0.295 e. The third-order valence-electron chi connectivity index (χ3n) is 4.79. The Balaban J connectivity index is 1.92. The number of ketones is 1. The van der Waals surface area contributed by atoms with Gasteiger partial charge < -0.3 is 4.90 Å². The van der Waals surface area contributed by atoms with Crippen LogP contribution in [0.2, 0.25) is 0 Å². The lowest BCUT2D eigenvalue weighted by Gasteiger charge is -2.26. The van der Waals surface area contributed by atoms with Crippen molar-refractivity contribution in [2.75, 3.05) is 0 Å². The first-order valence-electron chi connectivity index (χ1n) is 9.41. The van der Waals surface area contributed by atoms with Crippen LogP contribution in [0.3, 0.4) is 0 Å². The lowest BCUT2D eigenvalue weighted by atomic mass is 10.1. The van der Waals surface area contributed by atoms with Gasteiger partial charge in [-0.2, -0.15) is 5.10 Å². The second-order valence-electron chi connectivity index (χ2n) is 7.13. The highest BCUT2D eigenvalue weighted by Crippen LogP contribution is 2.20. The Hall–Kier alpha value is -3.21. The number of nitrogens with zero attached hydrogens (tertiary/aromatic N) is 3. The Labute approximate surface area is 165 Å². The summed E-state index contributed by atoms with van der Waals surface area (Å²) in [6.07, 6.45) is 0. The van der Waals surface area contributed by atoms with Gasteiger partial charge in [0, 0.05) is 12.6 Å². The molecule has 1 heterocycles. The number of hydrogen-bond donors (Lipinski definition) is 0. The minimum absolute atomic E-state index is 0.0959. The number of hydrogen-bond acceptors (Lipinski definition) is 3. The fraction of sp³-hybridized carbons (Fsp3) is 0.261. The monoisotopic (exact) mass is 375 g/mol. The average Bonchev–Trinajstić information content (AvgIpc) is 3.00. The summed E-state index contributed by atoms with van der Waals surface area (Å²) >= 11 is 0. The Morgan fingerprint density at radius 3 is 2.11 bits per heavy atom. The lowest BCUT2D eigenvalue weighted by molar-refractivity contribution is -0.128. The molecule has 2 aromatic carbocycles. The number of aromatic nitrogens is 2. The molecule has 0 aliphatic rings. The highest BCUT2D eigenvalue weighted by atomic mass is 16.2. The van der Waals surface area contributed by atoms with Gasteiger partial charge in [0.25, 0.3) is 11.7 Å². The molecule has 0 saturated heterocycles. The number of carbonyl (C=O) groups excluding carboxylic acids is 2. The number of amides is 1. The average molecular weight is 375 g/mol. The van der Waals surface area contributed by atoms with E-state index >= 15 is 0 Å². The van der Waals surface area contributed by atoms with Crippen molar-refractivity contribution in [3.8, 4) is 5.69 Å². The summed E-state index contributed by atoms with van der Waals surface area (Å²) in [7, 11) is 0. The van der Waals surface area contributed by atoms with Crippen molar-refractivity contribution in [3.05, 3.63) is 83.2 Å². The molecule has 28 heavy (non-hydrogen) atoms. The Kier molecular flexibility index (Phi) is 5.73. The molecular weight excluding hydrogens is 350 g/mol. The summed E-state index contributed by atoms with van der Waals surface area (Å²) in [5.74, 6) is -1.01. The SMILES string of the molecule is Cc1nn(-c2ccccc2)c(C)c1C(=O)C(=O)N(Cc1ccccc1)C(C)C. The number of carbonyl (C=O) groups is 2. The van der Waals surface area contributed by atoms with Gasteiger partial charge in [-0.25, -0.2) is 4.68 Å². The smallest absolute Gasteiger partial charge is 0.295 e. The first-order valence-corrected chi connectivity index (χ1v) is 9.41. The van der Waals surface area contributed by atoms with Crippen molar-refractivity contribution in [2.24, 2.45) is 0 Å². The molecule has 5 heteroatoms. The number of aryl methyl sites for hydroxylation is 1. The molecule has 144 valence electrons. The van der Waals surface area contributed by atoms with Crippen LogP contribution < -0.4 is 0 Å². The van der Waals surface area contributed by atoms with Crippen LogP contribution in [0.15, 0.2) is 60.7 Å². The van der Waals surface area contributed by atoms with Crippen molar-refractivity contribution in [2.45, 2.75) is 40.3 Å². The second kappa shape index (κ2) is 8.21. The second-order valence-corrected chi connectivity index (χ2v) is 7.13. The van der Waals surface area contributed by atoms with E-state index in [1.807, 2.05) is 81.4 Å². The molecule has 5 nitrogen and oxygen atoms in total. The Bertz CT molecular complexity index is 976. The first kappa shape index (κ1) is 19.5. The van der Waals surface area contributed by atoms with E-state index in [1.165, 1.54) is 0 Å². The van der Waals surface area contributed by atoms with E-state index in [2.05, 4.69) is 5.10 Å². The molecule has 0 aliphatic heterocycles. The van der Waals surface area contributed by atoms with E-state index in [0.717, 1.165) is 11.3 Å². The summed E-state index contributed by atoms with van der Waals surface area (Å²) in [6.45, 7) is 7.82. The fourth-order valence-electron chi connectivity index (χ4n) is 3.30. The Morgan fingerprint density at radius 1 is 0.964 bits per heavy atom. The van der Waals surface area contributed by atoms with Crippen molar-refractivity contribution in [1.82, 2.24) is 14.7 Å². The van der Waals surface area contributed by atoms with E-state index in [9.17, 15) is 9.59 Å². The standard InChI is InChI=1S/C23H25N3O2/c1-16(2)25(15-19-11-7-5-8-12-19)23(28)22(27)21-17(3)24-26(18(21)4)20-13-9-6-10-14-20/h5-14,16H,15H2,1-4H3. The van der Waals surface area contributed by atoms with E-state index in [1.54, 1.807) is 16.5 Å². The molecule has 3 aromatic rings. The molecule has 0 fully saturated rings. The van der Waals surface area contributed by atoms with Crippen LogP contribution in [0.4, 0.5) is 0 Å². The topological polar surface area (TPSA) is 55.2 Å². The van der Waals surface area contributed by atoms with Gasteiger partial charge in [0.15, 0.2) is 0 Å². The molecule has 0 aliphatic carbocycles. The highest BCUT2D eigenvalue weighted by Gasteiger charge is 2.30. The zero-order chi connectivity index (χ0) is 20.3. The van der Waals surface area contributed by atoms with Gasteiger partial charge in [0.1, 0.15) is 0 Å². The summed E-state index contributed by atoms with van der Waals surface area (Å²) < 4.78 is 1.72. The first-order chi connectivity index (χ1) is 13.4. The van der Waals surface area contributed by atoms with E-state index in [-0.39, 0.29) is 6.04 Å². The maximum absolute atomic E-state index is 13.1. The van der Waals surface area contributed by atoms with Crippen LogP contribution in [0.1, 0.15) is 41.2 Å². The van der Waals surface area contributed by atoms with Crippen LogP contribution >= 0.6 is 0 Å².